The SMILES string of the molecule is CNc1nc(Cl)c(C#Cc2ccc(OC)nc2)c(N[C@@]2(O)CC[C@H](CO)[C@H]2O)n1. The van der Waals surface area contributed by atoms with Gasteiger partial charge in [-0.3, -0.25) is 0 Å². The number of nitrogens with zero attached hydrogens (tertiary/aromatic N) is 3. The van der Waals surface area contributed by atoms with Gasteiger partial charge in [-0.2, -0.15) is 9.97 Å². The van der Waals surface area contributed by atoms with Gasteiger partial charge >= 0.3 is 0 Å². The highest BCUT2D eigenvalue weighted by atomic mass is 35.5. The predicted molar refractivity (Wildman–Crippen MR) is 108 cm³/mol. The maximum absolute atomic E-state index is 10.9. The van der Waals surface area contributed by atoms with Crippen LogP contribution in [-0.4, -0.2) is 62.9 Å². The molecule has 0 unspecified atom stereocenters. The predicted octanol–water partition coefficient (Wildman–Crippen LogP) is 0.839. The molecular formula is C19H22ClN5O4. The van der Waals surface area contributed by atoms with Crippen LogP contribution in [0.15, 0.2) is 18.3 Å². The maximum atomic E-state index is 10.9. The number of aliphatic hydroxyl groups is 3. The van der Waals surface area contributed by atoms with E-state index in [1.807, 2.05) is 0 Å². The van der Waals surface area contributed by atoms with E-state index in [2.05, 4.69) is 37.4 Å². The van der Waals surface area contributed by atoms with Crippen molar-refractivity contribution in [2.75, 3.05) is 31.4 Å². The first kappa shape index (κ1) is 21.1. The molecule has 2 aromatic rings. The summed E-state index contributed by atoms with van der Waals surface area (Å²) < 4.78 is 5.02. The van der Waals surface area contributed by atoms with E-state index in [4.69, 9.17) is 16.3 Å². The zero-order valence-corrected chi connectivity index (χ0v) is 16.7. The molecule has 0 spiro atoms. The molecule has 2 heterocycles. The molecule has 3 atom stereocenters. The van der Waals surface area contributed by atoms with Gasteiger partial charge in [0.1, 0.15) is 11.7 Å². The van der Waals surface area contributed by atoms with Crippen LogP contribution in [0.5, 0.6) is 5.88 Å². The van der Waals surface area contributed by atoms with Gasteiger partial charge in [0.25, 0.3) is 0 Å². The van der Waals surface area contributed by atoms with Crippen LogP contribution in [0.2, 0.25) is 5.15 Å². The van der Waals surface area contributed by atoms with Crippen LogP contribution in [0, 0.1) is 17.8 Å². The second-order valence-corrected chi connectivity index (χ2v) is 6.98. The number of hydrogen-bond donors (Lipinski definition) is 5. The van der Waals surface area contributed by atoms with E-state index in [1.165, 1.54) is 7.11 Å². The molecule has 0 saturated heterocycles. The third-order valence-electron chi connectivity index (χ3n) is 4.77. The van der Waals surface area contributed by atoms with Gasteiger partial charge in [-0.25, -0.2) is 4.98 Å². The monoisotopic (exact) mass is 419 g/mol. The van der Waals surface area contributed by atoms with E-state index in [-0.39, 0.29) is 35.5 Å². The highest BCUT2D eigenvalue weighted by molar-refractivity contribution is 6.31. The summed E-state index contributed by atoms with van der Waals surface area (Å²) in [4.78, 5) is 12.5. The molecule has 1 aliphatic rings. The molecule has 1 saturated carbocycles. The Morgan fingerprint density at radius 3 is 2.72 bits per heavy atom. The van der Waals surface area contributed by atoms with Crippen molar-refractivity contribution in [1.29, 1.82) is 0 Å². The largest absolute Gasteiger partial charge is 0.481 e. The van der Waals surface area contributed by atoms with Crippen LogP contribution >= 0.6 is 11.6 Å². The van der Waals surface area contributed by atoms with Crippen LogP contribution in [0.25, 0.3) is 0 Å². The van der Waals surface area contributed by atoms with E-state index >= 15 is 0 Å². The van der Waals surface area contributed by atoms with E-state index in [1.54, 1.807) is 25.4 Å². The molecule has 2 aromatic heterocycles. The van der Waals surface area contributed by atoms with Crippen LogP contribution < -0.4 is 15.4 Å². The lowest BCUT2D eigenvalue weighted by atomic mass is 10.0. The molecule has 154 valence electrons. The van der Waals surface area contributed by atoms with Crippen LogP contribution in [0.4, 0.5) is 11.8 Å². The van der Waals surface area contributed by atoms with Crippen molar-refractivity contribution in [1.82, 2.24) is 15.0 Å². The van der Waals surface area contributed by atoms with Crippen molar-refractivity contribution < 1.29 is 20.1 Å². The van der Waals surface area contributed by atoms with E-state index in [0.29, 0.717) is 17.9 Å². The lowest BCUT2D eigenvalue weighted by molar-refractivity contribution is -0.0545. The number of hydrogen-bond acceptors (Lipinski definition) is 9. The minimum absolute atomic E-state index is 0.0793. The summed E-state index contributed by atoms with van der Waals surface area (Å²) in [6, 6.07) is 3.42. The standard InChI is InChI=1S/C19H22ClN5O4/c1-21-18-23-16(20)13(5-3-11-4-6-14(29-2)22-9-11)17(24-18)25-19(28)8-7-12(10-26)15(19)27/h4,6,9,12,15,26-28H,7-8,10H2,1-2H3,(H2,21,23,24,25)/t12-,15-,19-/m1/s1. The van der Waals surface area contributed by atoms with Crippen molar-refractivity contribution in [3.8, 4) is 17.7 Å². The quantitative estimate of drug-likeness (QED) is 0.271. The van der Waals surface area contributed by atoms with Crippen LogP contribution in [0.3, 0.4) is 0 Å². The minimum Gasteiger partial charge on any atom is -0.481 e. The van der Waals surface area contributed by atoms with Gasteiger partial charge < -0.3 is 30.7 Å². The average Bonchev–Trinajstić information content (AvgIpc) is 3.01. The Labute approximate surface area is 173 Å². The third kappa shape index (κ3) is 4.52. The number of rotatable bonds is 5. The Hall–Kier alpha value is -2.64. The van der Waals surface area contributed by atoms with E-state index < -0.39 is 17.7 Å². The highest BCUT2D eigenvalue weighted by Gasteiger charge is 2.47. The second kappa shape index (κ2) is 8.80. The number of methoxy groups -OCH3 is 1. The Bertz CT molecular complexity index is 931. The fraction of sp³-hybridized carbons (Fsp3) is 0.421. The zero-order valence-electron chi connectivity index (χ0n) is 16.0. The van der Waals surface area contributed by atoms with Gasteiger partial charge in [-0.15, -0.1) is 0 Å². The van der Waals surface area contributed by atoms with E-state index in [0.717, 1.165) is 0 Å². The first-order valence-corrected chi connectivity index (χ1v) is 9.35. The summed E-state index contributed by atoms with van der Waals surface area (Å²) in [6.07, 6.45) is 1.06. The minimum atomic E-state index is -1.67. The highest BCUT2D eigenvalue weighted by Crippen LogP contribution is 2.36. The normalized spacial score (nSPS) is 23.2. The second-order valence-electron chi connectivity index (χ2n) is 6.63. The molecule has 10 heteroatoms. The van der Waals surface area contributed by atoms with E-state index in [9.17, 15) is 15.3 Å². The molecule has 29 heavy (non-hydrogen) atoms. The Morgan fingerprint density at radius 2 is 2.14 bits per heavy atom. The fourth-order valence-electron chi connectivity index (χ4n) is 3.09. The molecule has 3 rings (SSSR count). The number of nitrogens with one attached hydrogen (secondary N) is 2. The summed E-state index contributed by atoms with van der Waals surface area (Å²) in [5, 5.41) is 36.3. The lowest BCUT2D eigenvalue weighted by Gasteiger charge is -2.30. The van der Waals surface area contributed by atoms with Gasteiger partial charge in [0.2, 0.25) is 11.8 Å². The molecular weight excluding hydrogens is 398 g/mol. The van der Waals surface area contributed by atoms with Crippen molar-refractivity contribution in [2.45, 2.75) is 24.7 Å². The number of anilines is 2. The van der Waals surface area contributed by atoms with Crippen molar-refractivity contribution >= 4 is 23.4 Å². The molecule has 0 aliphatic heterocycles. The topological polar surface area (TPSA) is 133 Å². The molecule has 1 fully saturated rings. The zero-order chi connectivity index (χ0) is 21.0. The first-order chi connectivity index (χ1) is 13.9. The van der Waals surface area contributed by atoms with Crippen LogP contribution in [-0.2, 0) is 0 Å². The van der Waals surface area contributed by atoms with Gasteiger partial charge in [-0.05, 0) is 18.9 Å². The molecule has 0 aromatic carbocycles. The summed E-state index contributed by atoms with van der Waals surface area (Å²) in [5.41, 5.74) is -0.797. The lowest BCUT2D eigenvalue weighted by Crippen LogP contribution is -2.48. The Morgan fingerprint density at radius 1 is 1.34 bits per heavy atom. The van der Waals surface area contributed by atoms with Crippen molar-refractivity contribution in [3.63, 3.8) is 0 Å². The first-order valence-electron chi connectivity index (χ1n) is 8.97. The fourth-order valence-corrected chi connectivity index (χ4v) is 3.31. The smallest absolute Gasteiger partial charge is 0.225 e. The molecule has 0 amide bonds. The average molecular weight is 420 g/mol. The summed E-state index contributed by atoms with van der Waals surface area (Å²) in [5.74, 6) is 6.25. The number of aromatic nitrogens is 3. The van der Waals surface area contributed by atoms with Gasteiger partial charge in [0.05, 0.1) is 7.11 Å². The van der Waals surface area contributed by atoms with Crippen molar-refractivity contribution in [2.24, 2.45) is 5.92 Å². The van der Waals surface area contributed by atoms with Crippen LogP contribution in [0.1, 0.15) is 24.0 Å². The molecule has 1 aliphatic carbocycles. The number of halogens is 1. The molecule has 0 radical (unpaired) electrons. The van der Waals surface area contributed by atoms with Gasteiger partial charge in [0.15, 0.2) is 16.7 Å². The molecule has 5 N–H and O–H groups in total. The summed E-state index contributed by atoms with van der Waals surface area (Å²) >= 11 is 6.30. The van der Waals surface area contributed by atoms with Gasteiger partial charge in [-0.1, -0.05) is 23.4 Å². The number of pyridine rings is 1. The maximum Gasteiger partial charge on any atom is 0.225 e. The molecule has 0 bridgehead atoms. The van der Waals surface area contributed by atoms with Gasteiger partial charge in [0, 0.05) is 37.4 Å². The third-order valence-corrected chi connectivity index (χ3v) is 5.04. The summed E-state index contributed by atoms with van der Waals surface area (Å²) in [7, 11) is 3.15. The number of aliphatic hydroxyl groups excluding tert-OH is 2. The Kier molecular flexibility index (Phi) is 6.39. The number of ether oxygens (including phenoxy) is 1. The molecule has 9 nitrogen and oxygen atoms in total. The summed E-state index contributed by atoms with van der Waals surface area (Å²) in [6.45, 7) is -0.228. The van der Waals surface area contributed by atoms with Crippen molar-refractivity contribution in [3.05, 3.63) is 34.6 Å². The Balaban J connectivity index is 1.96.